The molecule has 2 rings (SSSR count). The fourth-order valence-electron chi connectivity index (χ4n) is 1.64. The van der Waals surface area contributed by atoms with Gasteiger partial charge in [0, 0.05) is 17.3 Å². The summed E-state index contributed by atoms with van der Waals surface area (Å²) in [5.41, 5.74) is 0.212. The van der Waals surface area contributed by atoms with Gasteiger partial charge in [0.05, 0.1) is 0 Å². The van der Waals surface area contributed by atoms with Crippen molar-refractivity contribution in [2.75, 3.05) is 5.32 Å². The SMILES string of the molecule is N#CC(=Cc1ccc(F)cc1F)C(=O)Nc1ccccc1. The highest BCUT2D eigenvalue weighted by atomic mass is 19.1. The quantitative estimate of drug-likeness (QED) is 0.692. The third-order valence-electron chi connectivity index (χ3n) is 2.66. The Hall–Kier alpha value is -3.00. The molecule has 0 bridgehead atoms. The predicted octanol–water partition coefficient (Wildman–Crippen LogP) is 3.51. The van der Waals surface area contributed by atoms with Crippen molar-refractivity contribution in [1.82, 2.24) is 0 Å². The lowest BCUT2D eigenvalue weighted by atomic mass is 10.1. The molecule has 0 saturated carbocycles. The van der Waals surface area contributed by atoms with Crippen LogP contribution in [0.15, 0.2) is 54.1 Å². The van der Waals surface area contributed by atoms with Crippen LogP contribution in [-0.2, 0) is 4.79 Å². The van der Waals surface area contributed by atoms with Crippen LogP contribution in [0.3, 0.4) is 0 Å². The molecule has 2 aromatic rings. The van der Waals surface area contributed by atoms with Crippen LogP contribution in [0.1, 0.15) is 5.56 Å². The maximum Gasteiger partial charge on any atom is 0.266 e. The number of hydrogen-bond acceptors (Lipinski definition) is 2. The van der Waals surface area contributed by atoms with E-state index in [0.29, 0.717) is 11.8 Å². The van der Waals surface area contributed by atoms with Gasteiger partial charge >= 0.3 is 0 Å². The zero-order valence-electron chi connectivity index (χ0n) is 10.8. The molecule has 0 aliphatic rings. The summed E-state index contributed by atoms with van der Waals surface area (Å²) in [5, 5.41) is 11.5. The molecule has 0 unspecified atom stereocenters. The molecular formula is C16H10F2N2O. The number of nitrogens with zero attached hydrogens (tertiary/aromatic N) is 1. The summed E-state index contributed by atoms with van der Waals surface area (Å²) >= 11 is 0. The second kappa shape index (κ2) is 6.44. The zero-order valence-corrected chi connectivity index (χ0v) is 10.8. The fraction of sp³-hybridized carbons (Fsp3) is 0. The molecule has 21 heavy (non-hydrogen) atoms. The van der Waals surface area contributed by atoms with Gasteiger partial charge in [0.25, 0.3) is 5.91 Å². The maximum absolute atomic E-state index is 13.5. The lowest BCUT2D eigenvalue weighted by molar-refractivity contribution is -0.112. The Bertz CT molecular complexity index is 734. The molecule has 0 atom stereocenters. The minimum atomic E-state index is -0.838. The van der Waals surface area contributed by atoms with Gasteiger partial charge in [-0.3, -0.25) is 4.79 Å². The average Bonchev–Trinajstić information content (AvgIpc) is 2.47. The van der Waals surface area contributed by atoms with E-state index in [1.165, 1.54) is 0 Å². The van der Waals surface area contributed by atoms with Crippen LogP contribution in [0.25, 0.3) is 6.08 Å². The molecule has 0 spiro atoms. The molecule has 0 aliphatic heterocycles. The summed E-state index contributed by atoms with van der Waals surface area (Å²) in [6.45, 7) is 0. The third kappa shape index (κ3) is 3.74. The number of nitriles is 1. The summed E-state index contributed by atoms with van der Waals surface area (Å²) in [5.74, 6) is -2.22. The Kier molecular flexibility index (Phi) is 4.42. The minimum Gasteiger partial charge on any atom is -0.321 e. The lowest BCUT2D eigenvalue weighted by Gasteiger charge is -2.04. The van der Waals surface area contributed by atoms with Gasteiger partial charge in [-0.25, -0.2) is 8.78 Å². The topological polar surface area (TPSA) is 52.9 Å². The monoisotopic (exact) mass is 284 g/mol. The normalized spacial score (nSPS) is 10.8. The number of hydrogen-bond donors (Lipinski definition) is 1. The van der Waals surface area contributed by atoms with Gasteiger partial charge in [-0.15, -0.1) is 0 Å². The average molecular weight is 284 g/mol. The van der Waals surface area contributed by atoms with E-state index in [0.717, 1.165) is 18.2 Å². The number of carbonyl (C=O) groups excluding carboxylic acids is 1. The maximum atomic E-state index is 13.5. The highest BCUT2D eigenvalue weighted by Crippen LogP contribution is 2.15. The van der Waals surface area contributed by atoms with Crippen molar-refractivity contribution in [3.8, 4) is 6.07 Å². The molecule has 0 radical (unpaired) electrons. The van der Waals surface area contributed by atoms with Crippen LogP contribution >= 0.6 is 0 Å². The first-order valence-electron chi connectivity index (χ1n) is 6.03. The number of halogens is 2. The Morgan fingerprint density at radius 1 is 1.14 bits per heavy atom. The van der Waals surface area contributed by atoms with E-state index >= 15 is 0 Å². The number of rotatable bonds is 3. The lowest BCUT2D eigenvalue weighted by Crippen LogP contribution is -2.13. The van der Waals surface area contributed by atoms with Crippen molar-refractivity contribution in [1.29, 1.82) is 5.26 Å². The van der Waals surface area contributed by atoms with E-state index in [1.54, 1.807) is 36.4 Å². The van der Waals surface area contributed by atoms with E-state index in [4.69, 9.17) is 5.26 Å². The van der Waals surface area contributed by atoms with E-state index in [2.05, 4.69) is 5.32 Å². The first-order valence-corrected chi connectivity index (χ1v) is 6.03. The number of anilines is 1. The van der Waals surface area contributed by atoms with Crippen LogP contribution < -0.4 is 5.32 Å². The van der Waals surface area contributed by atoms with Crippen LogP contribution in [0.2, 0.25) is 0 Å². The summed E-state index contributed by atoms with van der Waals surface area (Å²) in [7, 11) is 0. The largest absolute Gasteiger partial charge is 0.321 e. The Morgan fingerprint density at radius 2 is 1.86 bits per heavy atom. The van der Waals surface area contributed by atoms with E-state index < -0.39 is 17.5 Å². The zero-order chi connectivity index (χ0) is 15.2. The number of benzene rings is 2. The highest BCUT2D eigenvalue weighted by Gasteiger charge is 2.11. The van der Waals surface area contributed by atoms with Gasteiger partial charge < -0.3 is 5.32 Å². The Labute approximate surface area is 120 Å². The van der Waals surface area contributed by atoms with Crippen LogP contribution in [-0.4, -0.2) is 5.91 Å². The first kappa shape index (κ1) is 14.4. The van der Waals surface area contributed by atoms with Crippen molar-refractivity contribution in [3.63, 3.8) is 0 Å². The summed E-state index contributed by atoms with van der Waals surface area (Å²) in [6.07, 6.45) is 1.08. The predicted molar refractivity (Wildman–Crippen MR) is 75.0 cm³/mol. The van der Waals surface area contributed by atoms with E-state index in [9.17, 15) is 13.6 Å². The van der Waals surface area contributed by atoms with Crippen molar-refractivity contribution < 1.29 is 13.6 Å². The molecule has 3 nitrogen and oxygen atoms in total. The summed E-state index contributed by atoms with van der Waals surface area (Å²) < 4.78 is 26.3. The molecular weight excluding hydrogens is 274 g/mol. The molecule has 0 aromatic heterocycles. The molecule has 1 N–H and O–H groups in total. The van der Waals surface area contributed by atoms with Crippen LogP contribution in [0.5, 0.6) is 0 Å². The van der Waals surface area contributed by atoms with Gasteiger partial charge in [-0.05, 0) is 30.3 Å². The van der Waals surface area contributed by atoms with Crippen molar-refractivity contribution in [2.45, 2.75) is 0 Å². The summed E-state index contributed by atoms with van der Waals surface area (Å²) in [4.78, 5) is 11.9. The molecule has 0 aliphatic carbocycles. The van der Waals surface area contributed by atoms with E-state index in [-0.39, 0.29) is 11.1 Å². The Balaban J connectivity index is 2.25. The van der Waals surface area contributed by atoms with Gasteiger partial charge in [-0.2, -0.15) is 5.26 Å². The molecule has 5 heteroatoms. The van der Waals surface area contributed by atoms with Crippen molar-refractivity contribution in [3.05, 3.63) is 71.3 Å². The molecule has 2 aromatic carbocycles. The van der Waals surface area contributed by atoms with Gasteiger partial charge in [0.1, 0.15) is 23.3 Å². The minimum absolute atomic E-state index is 0.0313. The second-order valence-electron chi connectivity index (χ2n) is 4.16. The number of carbonyl (C=O) groups is 1. The number of para-hydroxylation sites is 1. The third-order valence-corrected chi connectivity index (χ3v) is 2.66. The van der Waals surface area contributed by atoms with Crippen molar-refractivity contribution >= 4 is 17.7 Å². The summed E-state index contributed by atoms with van der Waals surface area (Å²) in [6, 6.07) is 13.2. The number of amides is 1. The van der Waals surface area contributed by atoms with Gasteiger partial charge in [-0.1, -0.05) is 18.2 Å². The molecule has 1 amide bonds. The Morgan fingerprint density at radius 3 is 2.48 bits per heavy atom. The van der Waals surface area contributed by atoms with E-state index in [1.807, 2.05) is 0 Å². The van der Waals surface area contributed by atoms with Gasteiger partial charge in [0.15, 0.2) is 0 Å². The fourth-order valence-corrected chi connectivity index (χ4v) is 1.64. The molecule has 0 fully saturated rings. The van der Waals surface area contributed by atoms with Crippen LogP contribution in [0, 0.1) is 23.0 Å². The second-order valence-corrected chi connectivity index (χ2v) is 4.16. The molecule has 0 saturated heterocycles. The highest BCUT2D eigenvalue weighted by molar-refractivity contribution is 6.09. The molecule has 0 heterocycles. The van der Waals surface area contributed by atoms with Crippen molar-refractivity contribution in [2.24, 2.45) is 0 Å². The molecule has 104 valence electrons. The smallest absolute Gasteiger partial charge is 0.266 e. The number of nitrogens with one attached hydrogen (secondary N) is 1. The van der Waals surface area contributed by atoms with Crippen LogP contribution in [0.4, 0.5) is 14.5 Å². The first-order chi connectivity index (χ1) is 10.1. The van der Waals surface area contributed by atoms with Gasteiger partial charge in [0.2, 0.25) is 0 Å². The standard InChI is InChI=1S/C16H10F2N2O/c17-13-7-6-11(15(18)9-13)8-12(10-19)16(21)20-14-4-2-1-3-5-14/h1-9H,(H,20,21).